The van der Waals surface area contributed by atoms with Crippen LogP contribution in [0.3, 0.4) is 0 Å². The number of rotatable bonds is 2. The van der Waals surface area contributed by atoms with Crippen LogP contribution in [0.25, 0.3) is 22.4 Å². The molecule has 1 aliphatic rings. The molecule has 0 saturated carbocycles. The molecule has 0 aromatic heterocycles. The van der Waals surface area contributed by atoms with Gasteiger partial charge in [0.15, 0.2) is 0 Å². The van der Waals surface area contributed by atoms with E-state index in [2.05, 4.69) is 87.2 Å². The highest BCUT2D eigenvalue weighted by atomic mass is 14.3. The van der Waals surface area contributed by atoms with Crippen LogP contribution in [0.15, 0.2) is 72.8 Å². The Labute approximate surface area is 137 Å². The Kier molecular flexibility index (Phi) is 3.20. The molecule has 0 spiro atoms. The third-order valence-corrected chi connectivity index (χ3v) is 4.97. The van der Waals surface area contributed by atoms with E-state index in [0.717, 1.165) is 0 Å². The van der Waals surface area contributed by atoms with E-state index in [4.69, 9.17) is 0 Å². The van der Waals surface area contributed by atoms with Gasteiger partial charge in [-0.15, -0.1) is 0 Å². The fraction of sp³-hybridized carbons (Fsp3) is 0.130. The number of aryl methyl sites for hydroxylation is 1. The zero-order valence-electron chi connectivity index (χ0n) is 13.6. The van der Waals surface area contributed by atoms with Gasteiger partial charge >= 0.3 is 0 Å². The van der Waals surface area contributed by atoms with Crippen molar-refractivity contribution in [2.45, 2.75) is 19.8 Å². The topological polar surface area (TPSA) is 0 Å². The van der Waals surface area contributed by atoms with Crippen molar-refractivity contribution in [3.8, 4) is 0 Å². The first-order valence-electron chi connectivity index (χ1n) is 8.11. The van der Waals surface area contributed by atoms with Gasteiger partial charge in [0.25, 0.3) is 0 Å². The molecule has 0 heterocycles. The SMILES string of the molecule is C=C(c1ccccc1)C1C(C)=Cc2c(C)ccc3cccc1c23. The van der Waals surface area contributed by atoms with Crippen LogP contribution in [-0.4, -0.2) is 0 Å². The monoisotopic (exact) mass is 296 g/mol. The van der Waals surface area contributed by atoms with E-state index in [9.17, 15) is 0 Å². The number of benzene rings is 3. The highest BCUT2D eigenvalue weighted by molar-refractivity contribution is 6.00. The van der Waals surface area contributed by atoms with Gasteiger partial charge in [0.1, 0.15) is 0 Å². The number of hydrogen-bond donors (Lipinski definition) is 0. The molecule has 0 amide bonds. The van der Waals surface area contributed by atoms with E-state index in [1.165, 1.54) is 44.2 Å². The fourth-order valence-electron chi connectivity index (χ4n) is 3.80. The minimum atomic E-state index is 0.260. The lowest BCUT2D eigenvalue weighted by Crippen LogP contribution is -2.09. The second-order valence-electron chi connectivity index (χ2n) is 6.45. The zero-order chi connectivity index (χ0) is 16.0. The van der Waals surface area contributed by atoms with Crippen LogP contribution < -0.4 is 0 Å². The fourth-order valence-corrected chi connectivity index (χ4v) is 3.80. The van der Waals surface area contributed by atoms with Crippen LogP contribution in [-0.2, 0) is 0 Å². The standard InChI is InChI=1S/C23H20/c1-15-12-13-19-10-7-11-20-22(16(2)14-21(15)23(19)20)17(3)18-8-5-4-6-9-18/h4-14,22H,3H2,1-2H3. The predicted molar refractivity (Wildman–Crippen MR) is 101 cm³/mol. The first-order valence-corrected chi connectivity index (χ1v) is 8.11. The minimum absolute atomic E-state index is 0.260. The summed E-state index contributed by atoms with van der Waals surface area (Å²) in [6.07, 6.45) is 2.35. The van der Waals surface area contributed by atoms with Gasteiger partial charge in [-0.1, -0.05) is 78.9 Å². The molecule has 0 bridgehead atoms. The van der Waals surface area contributed by atoms with Crippen molar-refractivity contribution < 1.29 is 0 Å². The molecule has 1 unspecified atom stereocenters. The summed E-state index contributed by atoms with van der Waals surface area (Å²) in [5, 5.41) is 2.71. The Balaban J connectivity index is 1.97. The maximum Gasteiger partial charge on any atom is 0.0305 e. The van der Waals surface area contributed by atoms with Crippen LogP contribution in [0.5, 0.6) is 0 Å². The minimum Gasteiger partial charge on any atom is -0.0943 e. The summed E-state index contributed by atoms with van der Waals surface area (Å²) < 4.78 is 0. The predicted octanol–water partition coefficient (Wildman–Crippen LogP) is 6.36. The van der Waals surface area contributed by atoms with E-state index in [0.29, 0.717) is 0 Å². The molecule has 1 aliphatic carbocycles. The van der Waals surface area contributed by atoms with Crippen LogP contribution in [0.2, 0.25) is 0 Å². The molecular formula is C23H20. The molecule has 112 valence electrons. The van der Waals surface area contributed by atoms with Crippen molar-refractivity contribution in [2.75, 3.05) is 0 Å². The molecule has 0 heteroatoms. The summed E-state index contributed by atoms with van der Waals surface area (Å²) in [5.41, 5.74) is 7.86. The third-order valence-electron chi connectivity index (χ3n) is 4.97. The Morgan fingerprint density at radius 2 is 1.65 bits per heavy atom. The molecular weight excluding hydrogens is 276 g/mol. The normalized spacial score (nSPS) is 16.3. The van der Waals surface area contributed by atoms with Gasteiger partial charge in [-0.05, 0) is 52.4 Å². The lowest BCUT2D eigenvalue weighted by Gasteiger charge is -2.28. The summed E-state index contributed by atoms with van der Waals surface area (Å²) in [6.45, 7) is 8.87. The lowest BCUT2D eigenvalue weighted by molar-refractivity contribution is 1.02. The van der Waals surface area contributed by atoms with Gasteiger partial charge in [0.2, 0.25) is 0 Å². The largest absolute Gasteiger partial charge is 0.0943 e. The molecule has 1 atom stereocenters. The van der Waals surface area contributed by atoms with Crippen LogP contribution in [0.1, 0.15) is 35.1 Å². The van der Waals surface area contributed by atoms with Gasteiger partial charge in [-0.2, -0.15) is 0 Å². The van der Waals surface area contributed by atoms with Gasteiger partial charge in [0, 0.05) is 5.92 Å². The Morgan fingerprint density at radius 1 is 0.870 bits per heavy atom. The van der Waals surface area contributed by atoms with Crippen LogP contribution in [0, 0.1) is 6.92 Å². The van der Waals surface area contributed by atoms with Gasteiger partial charge in [-0.3, -0.25) is 0 Å². The van der Waals surface area contributed by atoms with Gasteiger partial charge in [-0.25, -0.2) is 0 Å². The first kappa shape index (κ1) is 14.0. The Morgan fingerprint density at radius 3 is 2.43 bits per heavy atom. The average Bonchev–Trinajstić information content (AvgIpc) is 2.58. The highest BCUT2D eigenvalue weighted by Crippen LogP contribution is 2.45. The molecule has 3 aromatic rings. The Bertz CT molecular complexity index is 942. The van der Waals surface area contributed by atoms with E-state index in [-0.39, 0.29) is 5.92 Å². The maximum absolute atomic E-state index is 4.44. The number of hydrogen-bond acceptors (Lipinski definition) is 0. The van der Waals surface area contributed by atoms with Crippen molar-refractivity contribution in [1.82, 2.24) is 0 Å². The van der Waals surface area contributed by atoms with Crippen molar-refractivity contribution in [3.05, 3.63) is 95.1 Å². The Hall–Kier alpha value is -2.60. The summed E-state index contributed by atoms with van der Waals surface area (Å²) in [7, 11) is 0. The molecule has 0 aliphatic heterocycles. The van der Waals surface area contributed by atoms with E-state index >= 15 is 0 Å². The average molecular weight is 296 g/mol. The molecule has 0 radical (unpaired) electrons. The number of allylic oxidation sites excluding steroid dienone is 2. The second-order valence-corrected chi connectivity index (χ2v) is 6.45. The lowest BCUT2D eigenvalue weighted by atomic mass is 9.75. The van der Waals surface area contributed by atoms with Crippen molar-refractivity contribution in [3.63, 3.8) is 0 Å². The molecule has 3 aromatic carbocycles. The second kappa shape index (κ2) is 5.24. The van der Waals surface area contributed by atoms with E-state index in [1.54, 1.807) is 0 Å². The third kappa shape index (κ3) is 2.14. The summed E-state index contributed by atoms with van der Waals surface area (Å²) in [4.78, 5) is 0. The molecule has 23 heavy (non-hydrogen) atoms. The first-order chi connectivity index (χ1) is 11.2. The van der Waals surface area contributed by atoms with Crippen LogP contribution >= 0.6 is 0 Å². The maximum atomic E-state index is 4.44. The van der Waals surface area contributed by atoms with Crippen molar-refractivity contribution >= 4 is 22.4 Å². The summed E-state index contributed by atoms with van der Waals surface area (Å²) in [6, 6.07) is 21.6. The molecule has 0 N–H and O–H groups in total. The van der Waals surface area contributed by atoms with Gasteiger partial charge < -0.3 is 0 Å². The van der Waals surface area contributed by atoms with Crippen molar-refractivity contribution in [2.24, 2.45) is 0 Å². The quantitative estimate of drug-likeness (QED) is 0.516. The zero-order valence-corrected chi connectivity index (χ0v) is 13.6. The smallest absolute Gasteiger partial charge is 0.0305 e. The highest BCUT2D eigenvalue weighted by Gasteiger charge is 2.25. The van der Waals surface area contributed by atoms with Crippen LogP contribution in [0.4, 0.5) is 0 Å². The van der Waals surface area contributed by atoms with E-state index in [1.807, 2.05) is 0 Å². The molecule has 0 nitrogen and oxygen atoms in total. The van der Waals surface area contributed by atoms with Gasteiger partial charge in [0.05, 0.1) is 0 Å². The molecule has 0 fully saturated rings. The molecule has 0 saturated heterocycles. The summed E-state index contributed by atoms with van der Waals surface area (Å²) in [5.74, 6) is 0.260. The summed E-state index contributed by atoms with van der Waals surface area (Å²) >= 11 is 0. The van der Waals surface area contributed by atoms with Crippen molar-refractivity contribution in [1.29, 1.82) is 0 Å². The van der Waals surface area contributed by atoms with E-state index < -0.39 is 0 Å². The molecule has 4 rings (SSSR count).